The van der Waals surface area contributed by atoms with Gasteiger partial charge in [-0.1, -0.05) is 18.2 Å². The highest BCUT2D eigenvalue weighted by molar-refractivity contribution is 6.00. The Labute approximate surface area is 140 Å². The molecule has 2 aromatic carbocycles. The van der Waals surface area contributed by atoms with Gasteiger partial charge in [0.05, 0.1) is 24.6 Å². The fraction of sp³-hybridized carbons (Fsp3) is 0.158. The zero-order valence-electron chi connectivity index (χ0n) is 13.6. The lowest BCUT2D eigenvalue weighted by molar-refractivity contribution is 0.0990. The van der Waals surface area contributed by atoms with Crippen molar-refractivity contribution < 1.29 is 14.6 Å². The molecule has 122 valence electrons. The third-order valence-corrected chi connectivity index (χ3v) is 3.92. The zero-order chi connectivity index (χ0) is 17.1. The topological polar surface area (TPSA) is 64.3 Å². The molecule has 0 bridgehead atoms. The first kappa shape index (κ1) is 15.8. The van der Waals surface area contributed by atoms with Crippen LogP contribution in [0.5, 0.6) is 11.5 Å². The van der Waals surface area contributed by atoms with Gasteiger partial charge in [0.25, 0.3) is 0 Å². The second kappa shape index (κ2) is 6.58. The number of phenolic OH excluding ortho intramolecular Hbond substituents is 1. The molecule has 0 amide bonds. The first-order valence-corrected chi connectivity index (χ1v) is 7.59. The number of nitrogens with zero attached hydrogens (tertiary/aromatic N) is 2. The standard InChI is InChI=1S/C19H18N2O3/c1-13-18(24-2)9-8-16(19(13)23)17(22)10-14-11-20-21(12-14)15-6-4-3-5-7-15/h3-9,11-12,23H,10H2,1-2H3. The van der Waals surface area contributed by atoms with Gasteiger partial charge in [-0.15, -0.1) is 0 Å². The van der Waals surface area contributed by atoms with Crippen molar-refractivity contribution in [3.63, 3.8) is 0 Å². The fourth-order valence-corrected chi connectivity index (χ4v) is 2.58. The van der Waals surface area contributed by atoms with Crippen LogP contribution in [-0.4, -0.2) is 27.8 Å². The van der Waals surface area contributed by atoms with Crippen molar-refractivity contribution in [3.05, 3.63) is 71.5 Å². The molecule has 1 heterocycles. The number of phenols is 1. The Balaban J connectivity index is 1.81. The minimum atomic E-state index is -0.161. The molecule has 24 heavy (non-hydrogen) atoms. The number of carbonyl (C=O) groups excluding carboxylic acids is 1. The number of aromatic nitrogens is 2. The van der Waals surface area contributed by atoms with E-state index in [-0.39, 0.29) is 18.0 Å². The second-order valence-corrected chi connectivity index (χ2v) is 5.52. The van der Waals surface area contributed by atoms with Crippen LogP contribution in [0.3, 0.4) is 0 Å². The number of methoxy groups -OCH3 is 1. The molecule has 0 atom stereocenters. The lowest BCUT2D eigenvalue weighted by Crippen LogP contribution is -2.04. The van der Waals surface area contributed by atoms with Crippen LogP contribution in [0.2, 0.25) is 0 Å². The summed E-state index contributed by atoms with van der Waals surface area (Å²) in [5, 5.41) is 14.5. The Bertz CT molecular complexity index is 870. The number of carbonyl (C=O) groups is 1. The third-order valence-electron chi connectivity index (χ3n) is 3.92. The van der Waals surface area contributed by atoms with E-state index in [1.165, 1.54) is 7.11 Å². The van der Waals surface area contributed by atoms with Crippen molar-refractivity contribution in [2.75, 3.05) is 7.11 Å². The molecule has 0 aliphatic heterocycles. The largest absolute Gasteiger partial charge is 0.507 e. The molecule has 0 spiro atoms. The normalized spacial score (nSPS) is 10.6. The van der Waals surface area contributed by atoms with E-state index in [4.69, 9.17) is 4.74 Å². The van der Waals surface area contributed by atoms with Crippen molar-refractivity contribution >= 4 is 5.78 Å². The number of Topliss-reactive ketones (excluding diaryl/α,β-unsaturated/α-hetero) is 1. The van der Waals surface area contributed by atoms with E-state index in [9.17, 15) is 9.90 Å². The van der Waals surface area contributed by atoms with Crippen LogP contribution in [0.4, 0.5) is 0 Å². The minimum Gasteiger partial charge on any atom is -0.507 e. The van der Waals surface area contributed by atoms with Crippen molar-refractivity contribution in [1.29, 1.82) is 0 Å². The second-order valence-electron chi connectivity index (χ2n) is 5.52. The Hall–Kier alpha value is -3.08. The molecule has 0 radical (unpaired) electrons. The highest BCUT2D eigenvalue weighted by Gasteiger charge is 2.17. The summed E-state index contributed by atoms with van der Waals surface area (Å²) in [4.78, 5) is 12.5. The molecular weight excluding hydrogens is 304 g/mol. The quantitative estimate of drug-likeness (QED) is 0.732. The number of rotatable bonds is 5. The number of ether oxygens (including phenoxy) is 1. The van der Waals surface area contributed by atoms with Crippen LogP contribution in [0.15, 0.2) is 54.9 Å². The molecular formula is C19H18N2O3. The van der Waals surface area contributed by atoms with E-state index in [0.717, 1.165) is 11.3 Å². The molecule has 1 N–H and O–H groups in total. The molecule has 3 rings (SSSR count). The van der Waals surface area contributed by atoms with Gasteiger partial charge in [0.15, 0.2) is 5.78 Å². The van der Waals surface area contributed by atoms with E-state index in [0.29, 0.717) is 16.9 Å². The SMILES string of the molecule is COc1ccc(C(=O)Cc2cnn(-c3ccccc3)c2)c(O)c1C. The summed E-state index contributed by atoms with van der Waals surface area (Å²) in [6.07, 6.45) is 3.66. The molecule has 3 aromatic rings. The van der Waals surface area contributed by atoms with Gasteiger partial charge in [-0.25, -0.2) is 4.68 Å². The fourth-order valence-electron chi connectivity index (χ4n) is 2.58. The van der Waals surface area contributed by atoms with E-state index in [1.807, 2.05) is 36.5 Å². The first-order chi connectivity index (χ1) is 11.6. The molecule has 0 fully saturated rings. The summed E-state index contributed by atoms with van der Waals surface area (Å²) in [5.41, 5.74) is 2.57. The van der Waals surface area contributed by atoms with E-state index in [2.05, 4.69) is 5.10 Å². The summed E-state index contributed by atoms with van der Waals surface area (Å²) in [6, 6.07) is 13.0. The molecule has 5 heteroatoms. The maximum atomic E-state index is 12.5. The monoisotopic (exact) mass is 322 g/mol. The van der Waals surface area contributed by atoms with Gasteiger partial charge >= 0.3 is 0 Å². The number of hydrogen-bond donors (Lipinski definition) is 1. The van der Waals surface area contributed by atoms with Crippen molar-refractivity contribution in [2.45, 2.75) is 13.3 Å². The van der Waals surface area contributed by atoms with Crippen LogP contribution in [0, 0.1) is 6.92 Å². The molecule has 0 saturated carbocycles. The highest BCUT2D eigenvalue weighted by atomic mass is 16.5. The number of aromatic hydroxyl groups is 1. The van der Waals surface area contributed by atoms with Crippen molar-refractivity contribution in [2.24, 2.45) is 0 Å². The van der Waals surface area contributed by atoms with Crippen LogP contribution in [0.1, 0.15) is 21.5 Å². The predicted octanol–water partition coefficient (Wildman–Crippen LogP) is 3.32. The predicted molar refractivity (Wildman–Crippen MR) is 91.0 cm³/mol. The third kappa shape index (κ3) is 3.01. The van der Waals surface area contributed by atoms with E-state index >= 15 is 0 Å². The molecule has 0 aliphatic carbocycles. The Morgan fingerprint density at radius 2 is 1.96 bits per heavy atom. The molecule has 0 aliphatic rings. The van der Waals surface area contributed by atoms with Crippen LogP contribution < -0.4 is 4.74 Å². The Morgan fingerprint density at radius 1 is 1.21 bits per heavy atom. The smallest absolute Gasteiger partial charge is 0.171 e. The van der Waals surface area contributed by atoms with Crippen molar-refractivity contribution in [1.82, 2.24) is 9.78 Å². The molecule has 0 unspecified atom stereocenters. The van der Waals surface area contributed by atoms with Crippen molar-refractivity contribution in [3.8, 4) is 17.2 Å². The number of para-hydroxylation sites is 1. The minimum absolute atomic E-state index is 0.0326. The summed E-state index contributed by atoms with van der Waals surface area (Å²) in [7, 11) is 1.53. The van der Waals surface area contributed by atoms with E-state index < -0.39 is 0 Å². The maximum absolute atomic E-state index is 12.5. The van der Waals surface area contributed by atoms with Gasteiger partial charge in [0, 0.05) is 18.2 Å². The van der Waals surface area contributed by atoms with E-state index in [1.54, 1.807) is 29.9 Å². The zero-order valence-corrected chi connectivity index (χ0v) is 13.6. The maximum Gasteiger partial charge on any atom is 0.171 e. The Morgan fingerprint density at radius 3 is 2.67 bits per heavy atom. The lowest BCUT2D eigenvalue weighted by atomic mass is 10.0. The molecule has 5 nitrogen and oxygen atoms in total. The van der Waals surface area contributed by atoms with Gasteiger partial charge in [-0.3, -0.25) is 4.79 Å². The molecule has 1 aromatic heterocycles. The van der Waals surface area contributed by atoms with Crippen LogP contribution >= 0.6 is 0 Å². The summed E-state index contributed by atoms with van der Waals surface area (Å²) in [6.45, 7) is 1.72. The average molecular weight is 322 g/mol. The number of ketones is 1. The first-order valence-electron chi connectivity index (χ1n) is 7.59. The Kier molecular flexibility index (Phi) is 4.33. The number of benzene rings is 2. The highest BCUT2D eigenvalue weighted by Crippen LogP contribution is 2.31. The van der Waals surface area contributed by atoms with Crippen LogP contribution in [-0.2, 0) is 6.42 Å². The van der Waals surface area contributed by atoms with Gasteiger partial charge in [-0.2, -0.15) is 5.10 Å². The molecule has 0 saturated heterocycles. The lowest BCUT2D eigenvalue weighted by Gasteiger charge is -2.10. The summed E-state index contributed by atoms with van der Waals surface area (Å²) < 4.78 is 6.87. The summed E-state index contributed by atoms with van der Waals surface area (Å²) >= 11 is 0. The van der Waals surface area contributed by atoms with Gasteiger partial charge in [0.2, 0.25) is 0 Å². The van der Waals surface area contributed by atoms with Gasteiger partial charge in [0.1, 0.15) is 11.5 Å². The summed E-state index contributed by atoms with van der Waals surface area (Å²) in [5.74, 6) is 0.363. The van der Waals surface area contributed by atoms with Gasteiger partial charge in [-0.05, 0) is 36.8 Å². The van der Waals surface area contributed by atoms with Crippen LogP contribution in [0.25, 0.3) is 5.69 Å². The van der Waals surface area contributed by atoms with Gasteiger partial charge < -0.3 is 9.84 Å². The number of hydrogen-bond acceptors (Lipinski definition) is 4. The average Bonchev–Trinajstić information content (AvgIpc) is 3.06.